The van der Waals surface area contributed by atoms with Crippen LogP contribution in [-0.4, -0.2) is 16.6 Å². The zero-order chi connectivity index (χ0) is 15.8. The number of nitrogens with zero attached hydrogens (tertiary/aromatic N) is 1. The van der Waals surface area contributed by atoms with Crippen molar-refractivity contribution in [1.82, 2.24) is 5.32 Å². The molecular formula is C16H16N2O3S. The quantitative estimate of drug-likeness (QED) is 0.483. The molecule has 0 atom stereocenters. The van der Waals surface area contributed by atoms with Gasteiger partial charge in [0, 0.05) is 35.2 Å². The number of para-hydroxylation sites is 1. The summed E-state index contributed by atoms with van der Waals surface area (Å²) in [6.45, 7) is 0.173. The van der Waals surface area contributed by atoms with E-state index in [-0.39, 0.29) is 18.1 Å². The number of benzene rings is 2. The Morgan fingerprint density at radius 2 is 1.77 bits per heavy atom. The Hall–Kier alpha value is -2.34. The van der Waals surface area contributed by atoms with Crippen LogP contribution in [0.1, 0.15) is 12.0 Å². The van der Waals surface area contributed by atoms with E-state index in [1.807, 2.05) is 30.3 Å². The van der Waals surface area contributed by atoms with Crippen molar-refractivity contribution in [2.45, 2.75) is 17.9 Å². The van der Waals surface area contributed by atoms with E-state index in [1.54, 1.807) is 30.0 Å². The molecule has 6 heteroatoms. The molecule has 2 aromatic carbocycles. The molecule has 0 aliphatic heterocycles. The lowest BCUT2D eigenvalue weighted by molar-refractivity contribution is -0.385. The lowest BCUT2D eigenvalue weighted by atomic mass is 10.2. The Bertz CT molecular complexity index is 647. The maximum Gasteiger partial charge on any atom is 0.274 e. The molecule has 0 aliphatic carbocycles. The number of rotatable bonds is 7. The van der Waals surface area contributed by atoms with Gasteiger partial charge in [-0.05, 0) is 12.1 Å². The minimum atomic E-state index is -0.438. The lowest BCUT2D eigenvalue weighted by Crippen LogP contribution is -2.23. The van der Waals surface area contributed by atoms with E-state index in [0.717, 1.165) is 4.90 Å². The molecule has 0 unspecified atom stereocenters. The number of carbonyl (C=O) groups is 1. The van der Waals surface area contributed by atoms with Crippen molar-refractivity contribution in [2.24, 2.45) is 0 Å². The molecule has 0 fully saturated rings. The SMILES string of the molecule is O=C(CCSc1ccccc1)NCc1ccccc1[N+](=O)[O-]. The molecule has 0 aliphatic rings. The first kappa shape index (κ1) is 16.0. The molecule has 0 aromatic heterocycles. The predicted octanol–water partition coefficient (Wildman–Crippen LogP) is 3.39. The molecule has 2 rings (SSSR count). The van der Waals surface area contributed by atoms with Gasteiger partial charge in [0.05, 0.1) is 4.92 Å². The average molecular weight is 316 g/mol. The molecule has 0 saturated heterocycles. The van der Waals surface area contributed by atoms with Gasteiger partial charge in [0.15, 0.2) is 0 Å². The van der Waals surface area contributed by atoms with Gasteiger partial charge >= 0.3 is 0 Å². The fraction of sp³-hybridized carbons (Fsp3) is 0.188. The molecule has 22 heavy (non-hydrogen) atoms. The number of nitro groups is 1. The van der Waals surface area contributed by atoms with E-state index in [2.05, 4.69) is 5.32 Å². The first-order valence-corrected chi connectivity index (χ1v) is 7.82. The molecule has 0 radical (unpaired) electrons. The zero-order valence-corrected chi connectivity index (χ0v) is 12.7. The van der Waals surface area contributed by atoms with Crippen molar-refractivity contribution in [3.63, 3.8) is 0 Å². The molecule has 1 N–H and O–H groups in total. The number of nitro benzene ring substituents is 1. The van der Waals surface area contributed by atoms with Crippen molar-refractivity contribution in [3.8, 4) is 0 Å². The third-order valence-electron chi connectivity index (χ3n) is 3.01. The van der Waals surface area contributed by atoms with Crippen molar-refractivity contribution in [1.29, 1.82) is 0 Å². The molecule has 5 nitrogen and oxygen atoms in total. The fourth-order valence-electron chi connectivity index (χ4n) is 1.90. The van der Waals surface area contributed by atoms with Gasteiger partial charge in [-0.1, -0.05) is 36.4 Å². The van der Waals surface area contributed by atoms with Gasteiger partial charge in [0.2, 0.25) is 5.91 Å². The Balaban J connectivity index is 1.77. The summed E-state index contributed by atoms with van der Waals surface area (Å²) in [7, 11) is 0. The van der Waals surface area contributed by atoms with Gasteiger partial charge < -0.3 is 5.32 Å². The van der Waals surface area contributed by atoms with Gasteiger partial charge in [0.25, 0.3) is 5.69 Å². The third-order valence-corrected chi connectivity index (χ3v) is 4.02. The van der Waals surface area contributed by atoms with Crippen LogP contribution >= 0.6 is 11.8 Å². The minimum Gasteiger partial charge on any atom is -0.352 e. The maximum atomic E-state index is 11.8. The van der Waals surface area contributed by atoms with E-state index >= 15 is 0 Å². The first-order chi connectivity index (χ1) is 10.7. The topological polar surface area (TPSA) is 72.2 Å². The summed E-state index contributed by atoms with van der Waals surface area (Å²) in [5.74, 6) is 0.564. The Labute approximate surface area is 132 Å². The standard InChI is InChI=1S/C16H16N2O3S/c19-16(10-11-22-14-7-2-1-3-8-14)17-12-13-6-4-5-9-15(13)18(20)21/h1-9H,10-12H2,(H,17,19). The molecule has 0 saturated carbocycles. The summed E-state index contributed by atoms with van der Waals surface area (Å²) >= 11 is 1.61. The minimum absolute atomic E-state index is 0.0291. The molecular weight excluding hydrogens is 300 g/mol. The van der Waals surface area contributed by atoms with Crippen molar-refractivity contribution in [2.75, 3.05) is 5.75 Å². The highest BCUT2D eigenvalue weighted by Gasteiger charge is 2.12. The highest BCUT2D eigenvalue weighted by atomic mass is 32.2. The lowest BCUT2D eigenvalue weighted by Gasteiger charge is -2.06. The number of carbonyl (C=O) groups excluding carboxylic acids is 1. The Morgan fingerprint density at radius 3 is 2.50 bits per heavy atom. The highest BCUT2D eigenvalue weighted by molar-refractivity contribution is 7.99. The van der Waals surface area contributed by atoms with E-state index < -0.39 is 4.92 Å². The first-order valence-electron chi connectivity index (χ1n) is 6.83. The maximum absolute atomic E-state index is 11.8. The number of hydrogen-bond acceptors (Lipinski definition) is 4. The van der Waals surface area contributed by atoms with Crippen LogP contribution in [0.15, 0.2) is 59.5 Å². The Kier molecular flexibility index (Phi) is 5.97. The van der Waals surface area contributed by atoms with Gasteiger partial charge in [-0.15, -0.1) is 11.8 Å². The summed E-state index contributed by atoms with van der Waals surface area (Å²) in [6, 6.07) is 16.3. The Morgan fingerprint density at radius 1 is 1.09 bits per heavy atom. The highest BCUT2D eigenvalue weighted by Crippen LogP contribution is 2.18. The monoisotopic (exact) mass is 316 g/mol. The summed E-state index contributed by atoms with van der Waals surface area (Å²) < 4.78 is 0. The number of amides is 1. The van der Waals surface area contributed by atoms with E-state index in [9.17, 15) is 14.9 Å². The van der Waals surface area contributed by atoms with Crippen LogP contribution < -0.4 is 5.32 Å². The van der Waals surface area contributed by atoms with Crippen LogP contribution in [0.25, 0.3) is 0 Å². The van der Waals surface area contributed by atoms with E-state index in [1.165, 1.54) is 6.07 Å². The van der Waals surface area contributed by atoms with Crippen LogP contribution in [0.2, 0.25) is 0 Å². The molecule has 2 aromatic rings. The summed E-state index contributed by atoms with van der Waals surface area (Å²) in [4.78, 5) is 23.4. The fourth-order valence-corrected chi connectivity index (χ4v) is 2.77. The van der Waals surface area contributed by atoms with Gasteiger partial charge in [0.1, 0.15) is 0 Å². The van der Waals surface area contributed by atoms with Gasteiger partial charge in [-0.25, -0.2) is 0 Å². The van der Waals surface area contributed by atoms with Crippen LogP contribution in [0.4, 0.5) is 5.69 Å². The van der Waals surface area contributed by atoms with Gasteiger partial charge in [-0.2, -0.15) is 0 Å². The summed E-state index contributed by atoms with van der Waals surface area (Å²) in [6.07, 6.45) is 0.375. The molecule has 114 valence electrons. The second-order valence-corrected chi connectivity index (χ2v) is 5.74. The smallest absolute Gasteiger partial charge is 0.274 e. The summed E-state index contributed by atoms with van der Waals surface area (Å²) in [5.41, 5.74) is 0.540. The largest absolute Gasteiger partial charge is 0.352 e. The molecule has 1 amide bonds. The van der Waals surface area contributed by atoms with Crippen molar-refractivity contribution in [3.05, 3.63) is 70.3 Å². The molecule has 0 bridgehead atoms. The molecule has 0 heterocycles. The number of nitrogens with one attached hydrogen (secondary N) is 1. The van der Waals surface area contributed by atoms with Crippen LogP contribution in [0, 0.1) is 10.1 Å². The van der Waals surface area contributed by atoms with E-state index in [4.69, 9.17) is 0 Å². The van der Waals surface area contributed by atoms with Crippen molar-refractivity contribution >= 4 is 23.4 Å². The number of thioether (sulfide) groups is 1. The average Bonchev–Trinajstić information content (AvgIpc) is 2.54. The normalized spacial score (nSPS) is 10.2. The van der Waals surface area contributed by atoms with Crippen LogP contribution in [-0.2, 0) is 11.3 Å². The van der Waals surface area contributed by atoms with Crippen LogP contribution in [0.5, 0.6) is 0 Å². The van der Waals surface area contributed by atoms with Crippen LogP contribution in [0.3, 0.4) is 0 Å². The van der Waals surface area contributed by atoms with Gasteiger partial charge in [-0.3, -0.25) is 14.9 Å². The zero-order valence-electron chi connectivity index (χ0n) is 11.9. The van der Waals surface area contributed by atoms with E-state index in [0.29, 0.717) is 17.7 Å². The second-order valence-electron chi connectivity index (χ2n) is 4.57. The third kappa shape index (κ3) is 4.89. The number of hydrogen-bond donors (Lipinski definition) is 1. The molecule has 0 spiro atoms. The predicted molar refractivity (Wildman–Crippen MR) is 86.7 cm³/mol. The second kappa shape index (κ2) is 8.19. The summed E-state index contributed by atoms with van der Waals surface area (Å²) in [5, 5.41) is 13.6. The van der Waals surface area contributed by atoms with Crippen molar-refractivity contribution < 1.29 is 9.72 Å².